The van der Waals surface area contributed by atoms with Crippen molar-refractivity contribution < 1.29 is 4.74 Å². The molecule has 0 spiro atoms. The first-order valence-electron chi connectivity index (χ1n) is 7.41. The highest BCUT2D eigenvalue weighted by Gasteiger charge is 2.18. The Hall–Kier alpha value is -1.55. The van der Waals surface area contributed by atoms with Crippen LogP contribution >= 0.6 is 11.3 Å². The molecule has 0 aliphatic rings. The maximum absolute atomic E-state index is 6.01. The molecule has 2 aromatic rings. The smallest absolute Gasteiger partial charge is 0.182 e. The molecule has 0 unspecified atom stereocenters. The topological polar surface area (TPSA) is 34.2 Å². The van der Waals surface area contributed by atoms with Gasteiger partial charge in [0.2, 0.25) is 0 Å². The van der Waals surface area contributed by atoms with Gasteiger partial charge in [0.1, 0.15) is 12.4 Å². The molecule has 0 saturated heterocycles. The molecule has 2 rings (SSSR count). The second kappa shape index (κ2) is 6.94. The van der Waals surface area contributed by atoms with Gasteiger partial charge < -0.3 is 10.1 Å². The SMILES string of the molecule is CCCNc1ncc(COc2ccccc2C(C)(C)C)s1. The number of anilines is 1. The van der Waals surface area contributed by atoms with E-state index in [9.17, 15) is 0 Å². The summed E-state index contributed by atoms with van der Waals surface area (Å²) in [5, 5.41) is 4.27. The summed E-state index contributed by atoms with van der Waals surface area (Å²) < 4.78 is 6.01. The molecule has 0 amide bonds. The summed E-state index contributed by atoms with van der Waals surface area (Å²) in [6, 6.07) is 8.26. The molecule has 0 aliphatic carbocycles. The second-order valence-corrected chi connectivity index (χ2v) is 7.21. The van der Waals surface area contributed by atoms with E-state index < -0.39 is 0 Å². The lowest BCUT2D eigenvalue weighted by Crippen LogP contribution is -2.13. The van der Waals surface area contributed by atoms with Gasteiger partial charge in [-0.25, -0.2) is 4.98 Å². The molecule has 1 aromatic heterocycles. The third-order valence-corrected chi connectivity index (χ3v) is 4.07. The van der Waals surface area contributed by atoms with Gasteiger partial charge in [-0.2, -0.15) is 0 Å². The highest BCUT2D eigenvalue weighted by molar-refractivity contribution is 7.15. The molecule has 0 radical (unpaired) electrons. The van der Waals surface area contributed by atoms with Crippen molar-refractivity contribution in [1.29, 1.82) is 0 Å². The van der Waals surface area contributed by atoms with Crippen molar-refractivity contribution >= 4 is 16.5 Å². The van der Waals surface area contributed by atoms with E-state index in [2.05, 4.69) is 50.1 Å². The Bertz CT molecular complexity index is 572. The molecule has 4 heteroatoms. The number of hydrogen-bond acceptors (Lipinski definition) is 4. The van der Waals surface area contributed by atoms with Gasteiger partial charge in [-0.3, -0.25) is 0 Å². The van der Waals surface area contributed by atoms with E-state index in [0.29, 0.717) is 6.61 Å². The largest absolute Gasteiger partial charge is 0.488 e. The minimum atomic E-state index is 0.0815. The van der Waals surface area contributed by atoms with Crippen LogP contribution in [0.25, 0.3) is 0 Å². The predicted molar refractivity (Wildman–Crippen MR) is 90.4 cm³/mol. The number of thiazole rings is 1. The number of rotatable bonds is 6. The van der Waals surface area contributed by atoms with Crippen LogP contribution in [0.4, 0.5) is 5.13 Å². The zero-order valence-electron chi connectivity index (χ0n) is 13.3. The first-order valence-corrected chi connectivity index (χ1v) is 8.23. The summed E-state index contributed by atoms with van der Waals surface area (Å²) in [5.41, 5.74) is 1.32. The van der Waals surface area contributed by atoms with Crippen molar-refractivity contribution in [1.82, 2.24) is 4.98 Å². The summed E-state index contributed by atoms with van der Waals surface area (Å²) >= 11 is 1.66. The predicted octanol–water partition coefficient (Wildman–Crippen LogP) is 4.84. The minimum Gasteiger partial charge on any atom is -0.488 e. The van der Waals surface area contributed by atoms with Crippen molar-refractivity contribution in [2.24, 2.45) is 0 Å². The van der Waals surface area contributed by atoms with Gasteiger partial charge in [-0.1, -0.05) is 57.2 Å². The summed E-state index contributed by atoms with van der Waals surface area (Å²) in [6.45, 7) is 10.3. The Morgan fingerprint density at radius 3 is 2.71 bits per heavy atom. The fraction of sp³-hybridized carbons (Fsp3) is 0.471. The highest BCUT2D eigenvalue weighted by atomic mass is 32.1. The lowest BCUT2D eigenvalue weighted by atomic mass is 9.86. The van der Waals surface area contributed by atoms with E-state index in [0.717, 1.165) is 28.7 Å². The maximum Gasteiger partial charge on any atom is 0.182 e. The van der Waals surface area contributed by atoms with Crippen molar-refractivity contribution in [3.05, 3.63) is 40.9 Å². The molecule has 21 heavy (non-hydrogen) atoms. The highest BCUT2D eigenvalue weighted by Crippen LogP contribution is 2.31. The fourth-order valence-corrected chi connectivity index (χ4v) is 2.80. The zero-order chi connectivity index (χ0) is 15.3. The first-order chi connectivity index (χ1) is 10.0. The van der Waals surface area contributed by atoms with Crippen molar-refractivity contribution in [2.45, 2.75) is 46.1 Å². The second-order valence-electron chi connectivity index (χ2n) is 6.09. The van der Waals surface area contributed by atoms with Gasteiger partial charge in [0.25, 0.3) is 0 Å². The van der Waals surface area contributed by atoms with Crippen LogP contribution in [0.3, 0.4) is 0 Å². The average Bonchev–Trinajstić information content (AvgIpc) is 2.90. The number of ether oxygens (including phenoxy) is 1. The minimum absolute atomic E-state index is 0.0815. The zero-order valence-corrected chi connectivity index (χ0v) is 14.1. The summed E-state index contributed by atoms with van der Waals surface area (Å²) in [4.78, 5) is 5.50. The Balaban J connectivity index is 2.02. The van der Waals surface area contributed by atoms with Crippen LogP contribution in [0.15, 0.2) is 30.5 Å². The van der Waals surface area contributed by atoms with E-state index in [-0.39, 0.29) is 5.41 Å². The quantitative estimate of drug-likeness (QED) is 0.829. The van der Waals surface area contributed by atoms with Gasteiger partial charge in [0.15, 0.2) is 5.13 Å². The molecular weight excluding hydrogens is 280 g/mol. The van der Waals surface area contributed by atoms with Crippen molar-refractivity contribution in [2.75, 3.05) is 11.9 Å². The molecular formula is C17H24N2OS. The fourth-order valence-electron chi connectivity index (χ4n) is 2.05. The molecule has 3 nitrogen and oxygen atoms in total. The Morgan fingerprint density at radius 1 is 1.24 bits per heavy atom. The molecule has 1 heterocycles. The van der Waals surface area contributed by atoms with Crippen LogP contribution in [-0.4, -0.2) is 11.5 Å². The van der Waals surface area contributed by atoms with Crippen LogP contribution in [0, 0.1) is 0 Å². The van der Waals surface area contributed by atoms with Gasteiger partial charge in [0, 0.05) is 12.7 Å². The molecule has 0 aliphatic heterocycles. The lowest BCUT2D eigenvalue weighted by Gasteiger charge is -2.22. The number of para-hydroxylation sites is 1. The van der Waals surface area contributed by atoms with Crippen LogP contribution < -0.4 is 10.1 Å². The van der Waals surface area contributed by atoms with Gasteiger partial charge >= 0.3 is 0 Å². The van der Waals surface area contributed by atoms with Crippen LogP contribution in [0.2, 0.25) is 0 Å². The number of aromatic nitrogens is 1. The maximum atomic E-state index is 6.01. The van der Waals surface area contributed by atoms with Crippen LogP contribution in [0.5, 0.6) is 5.75 Å². The molecule has 0 fully saturated rings. The standard InChI is InChI=1S/C17H24N2OS/c1-5-10-18-16-19-11-13(21-16)12-20-15-9-7-6-8-14(15)17(2,3)4/h6-9,11H,5,10,12H2,1-4H3,(H,18,19). The molecule has 0 bridgehead atoms. The third kappa shape index (κ3) is 4.46. The normalized spacial score (nSPS) is 11.4. The van der Waals surface area contributed by atoms with Gasteiger partial charge in [-0.05, 0) is 23.5 Å². The molecule has 1 N–H and O–H groups in total. The number of benzene rings is 1. The van der Waals surface area contributed by atoms with Gasteiger partial charge in [-0.15, -0.1) is 0 Å². The Labute approximate surface area is 131 Å². The number of nitrogens with one attached hydrogen (secondary N) is 1. The summed E-state index contributed by atoms with van der Waals surface area (Å²) in [6.07, 6.45) is 2.99. The monoisotopic (exact) mass is 304 g/mol. The summed E-state index contributed by atoms with van der Waals surface area (Å²) in [5.74, 6) is 0.960. The Morgan fingerprint density at radius 2 is 2.00 bits per heavy atom. The first kappa shape index (κ1) is 15.8. The van der Waals surface area contributed by atoms with E-state index in [4.69, 9.17) is 4.74 Å². The van der Waals surface area contributed by atoms with Crippen molar-refractivity contribution in [3.8, 4) is 5.75 Å². The third-order valence-electron chi connectivity index (χ3n) is 3.14. The number of hydrogen-bond donors (Lipinski definition) is 1. The van der Waals surface area contributed by atoms with Crippen molar-refractivity contribution in [3.63, 3.8) is 0 Å². The lowest BCUT2D eigenvalue weighted by molar-refractivity contribution is 0.300. The molecule has 1 aromatic carbocycles. The molecule has 0 saturated carbocycles. The van der Waals surface area contributed by atoms with E-state index >= 15 is 0 Å². The van der Waals surface area contributed by atoms with Gasteiger partial charge in [0.05, 0.1) is 4.88 Å². The summed E-state index contributed by atoms with van der Waals surface area (Å²) in [7, 11) is 0. The van der Waals surface area contributed by atoms with E-state index in [1.54, 1.807) is 11.3 Å². The van der Waals surface area contributed by atoms with Crippen LogP contribution in [-0.2, 0) is 12.0 Å². The molecule has 0 atom stereocenters. The van der Waals surface area contributed by atoms with E-state index in [1.807, 2.05) is 18.3 Å². The van der Waals surface area contributed by atoms with E-state index in [1.165, 1.54) is 5.56 Å². The Kier molecular flexibility index (Phi) is 5.23. The number of nitrogens with zero attached hydrogens (tertiary/aromatic N) is 1. The average molecular weight is 304 g/mol. The van der Waals surface area contributed by atoms with Crippen LogP contribution in [0.1, 0.15) is 44.6 Å². The molecule has 114 valence electrons.